The van der Waals surface area contributed by atoms with E-state index in [4.69, 9.17) is 5.21 Å². The Bertz CT molecular complexity index is 1020. The summed E-state index contributed by atoms with van der Waals surface area (Å²) in [6.07, 6.45) is 3.05. The lowest BCUT2D eigenvalue weighted by molar-refractivity contribution is 0.0706. The first-order chi connectivity index (χ1) is 11.4. The number of fused-ring (bicyclic) bond motifs is 1. The molecule has 1 amide bonds. The quantitative estimate of drug-likeness (QED) is 0.561. The second-order valence-electron chi connectivity index (χ2n) is 5.58. The third kappa shape index (κ3) is 3.17. The summed E-state index contributed by atoms with van der Waals surface area (Å²) < 4.78 is 25.3. The zero-order valence-electron chi connectivity index (χ0n) is 12.9. The van der Waals surface area contributed by atoms with Crippen molar-refractivity contribution in [2.24, 2.45) is 0 Å². The summed E-state index contributed by atoms with van der Waals surface area (Å²) in [5.41, 5.74) is 3.62. The molecule has 0 aliphatic rings. The topological polar surface area (TPSA) is 88.4 Å². The zero-order chi connectivity index (χ0) is 17.3. The molecule has 0 fully saturated rings. The smallest absolute Gasteiger partial charge is 0.274 e. The van der Waals surface area contributed by atoms with Gasteiger partial charge < -0.3 is 4.57 Å². The van der Waals surface area contributed by atoms with Crippen molar-refractivity contribution < 1.29 is 18.4 Å². The molecule has 124 valence electrons. The largest absolute Gasteiger partial charge is 0.343 e. The summed E-state index contributed by atoms with van der Waals surface area (Å²) >= 11 is 0. The van der Waals surface area contributed by atoms with Crippen LogP contribution in [0.4, 0.5) is 0 Å². The van der Waals surface area contributed by atoms with Crippen molar-refractivity contribution in [2.45, 2.75) is 11.4 Å². The van der Waals surface area contributed by atoms with Crippen molar-refractivity contribution in [1.29, 1.82) is 0 Å². The van der Waals surface area contributed by atoms with Crippen molar-refractivity contribution in [1.82, 2.24) is 10.0 Å². The zero-order valence-corrected chi connectivity index (χ0v) is 13.7. The van der Waals surface area contributed by atoms with E-state index >= 15 is 0 Å². The van der Waals surface area contributed by atoms with Crippen molar-refractivity contribution in [2.75, 3.05) is 6.26 Å². The number of carbonyl (C=O) groups excluding carboxylic acids is 1. The Balaban J connectivity index is 2.00. The SMILES string of the molecule is CS(=O)(=O)c1cccc(Cn2ccc3ccc(C(=O)NO)cc32)c1. The maximum atomic E-state index is 11.7. The van der Waals surface area contributed by atoms with E-state index in [0.717, 1.165) is 16.5 Å². The van der Waals surface area contributed by atoms with Crippen LogP contribution in [-0.2, 0) is 16.4 Å². The third-order valence-electron chi connectivity index (χ3n) is 3.82. The van der Waals surface area contributed by atoms with Crippen LogP contribution in [0.3, 0.4) is 0 Å². The van der Waals surface area contributed by atoms with Gasteiger partial charge in [-0.15, -0.1) is 0 Å². The summed E-state index contributed by atoms with van der Waals surface area (Å²) in [6, 6.07) is 13.8. The summed E-state index contributed by atoms with van der Waals surface area (Å²) in [7, 11) is -3.26. The Morgan fingerprint density at radius 2 is 1.96 bits per heavy atom. The number of hydrogen-bond acceptors (Lipinski definition) is 4. The first-order valence-corrected chi connectivity index (χ1v) is 9.10. The Labute approximate surface area is 139 Å². The monoisotopic (exact) mass is 344 g/mol. The minimum Gasteiger partial charge on any atom is -0.343 e. The van der Waals surface area contributed by atoms with Gasteiger partial charge >= 0.3 is 0 Å². The molecule has 0 bridgehead atoms. The molecule has 0 aliphatic heterocycles. The van der Waals surface area contributed by atoms with E-state index in [1.54, 1.807) is 41.9 Å². The van der Waals surface area contributed by atoms with Gasteiger partial charge in [0, 0.05) is 30.1 Å². The number of nitrogens with zero attached hydrogens (tertiary/aromatic N) is 1. The molecular formula is C17H16N2O4S. The second kappa shape index (κ2) is 6.10. The number of hydrogen-bond donors (Lipinski definition) is 2. The lowest BCUT2D eigenvalue weighted by atomic mass is 10.1. The molecule has 3 rings (SSSR count). The highest BCUT2D eigenvalue weighted by molar-refractivity contribution is 7.90. The molecule has 7 heteroatoms. The molecule has 0 spiro atoms. The lowest BCUT2D eigenvalue weighted by Gasteiger charge is -2.08. The van der Waals surface area contributed by atoms with Crippen LogP contribution in [0.2, 0.25) is 0 Å². The van der Waals surface area contributed by atoms with Gasteiger partial charge in [0.2, 0.25) is 0 Å². The molecule has 0 saturated carbocycles. The van der Waals surface area contributed by atoms with Crippen LogP contribution in [0.15, 0.2) is 59.6 Å². The second-order valence-corrected chi connectivity index (χ2v) is 7.59. The van der Waals surface area contributed by atoms with Gasteiger partial charge in [0.15, 0.2) is 9.84 Å². The number of sulfone groups is 1. The van der Waals surface area contributed by atoms with Crippen molar-refractivity contribution in [3.05, 3.63) is 65.9 Å². The molecule has 2 aromatic carbocycles. The summed E-state index contributed by atoms with van der Waals surface area (Å²) in [5.74, 6) is -0.580. The summed E-state index contributed by atoms with van der Waals surface area (Å²) in [4.78, 5) is 11.8. The van der Waals surface area contributed by atoms with Gasteiger partial charge in [-0.1, -0.05) is 18.2 Å². The minimum atomic E-state index is -3.26. The van der Waals surface area contributed by atoms with Gasteiger partial charge in [0.1, 0.15) is 0 Å². The summed E-state index contributed by atoms with van der Waals surface area (Å²) in [6.45, 7) is 0.469. The Morgan fingerprint density at radius 3 is 2.67 bits per heavy atom. The fourth-order valence-corrected chi connectivity index (χ4v) is 3.29. The normalized spacial score (nSPS) is 11.6. The number of carbonyl (C=O) groups is 1. The fraction of sp³-hybridized carbons (Fsp3) is 0.118. The third-order valence-corrected chi connectivity index (χ3v) is 4.93. The van der Waals surface area contributed by atoms with E-state index in [1.165, 1.54) is 6.26 Å². The average Bonchev–Trinajstić information content (AvgIpc) is 2.96. The molecule has 24 heavy (non-hydrogen) atoms. The molecule has 1 aromatic heterocycles. The van der Waals surface area contributed by atoms with Gasteiger partial charge in [0.05, 0.1) is 4.90 Å². The first-order valence-electron chi connectivity index (χ1n) is 7.21. The van der Waals surface area contributed by atoms with Gasteiger partial charge in [-0.25, -0.2) is 13.9 Å². The van der Waals surface area contributed by atoms with Gasteiger partial charge in [0.25, 0.3) is 5.91 Å². The molecule has 2 N–H and O–H groups in total. The Hall–Kier alpha value is -2.64. The van der Waals surface area contributed by atoms with Crippen LogP contribution >= 0.6 is 0 Å². The number of hydroxylamine groups is 1. The van der Waals surface area contributed by atoms with E-state index in [0.29, 0.717) is 12.1 Å². The van der Waals surface area contributed by atoms with E-state index < -0.39 is 15.7 Å². The minimum absolute atomic E-state index is 0.275. The van der Waals surface area contributed by atoms with E-state index in [9.17, 15) is 13.2 Å². The fourth-order valence-electron chi connectivity index (χ4n) is 2.60. The maximum absolute atomic E-state index is 11.7. The number of amides is 1. The van der Waals surface area contributed by atoms with E-state index in [2.05, 4.69) is 0 Å². The van der Waals surface area contributed by atoms with Gasteiger partial charge in [-0.05, 0) is 41.3 Å². The van der Waals surface area contributed by atoms with Crippen LogP contribution in [0.1, 0.15) is 15.9 Å². The average molecular weight is 344 g/mol. The predicted molar refractivity (Wildman–Crippen MR) is 89.8 cm³/mol. The van der Waals surface area contributed by atoms with Crippen molar-refractivity contribution in [3.8, 4) is 0 Å². The van der Waals surface area contributed by atoms with Crippen molar-refractivity contribution in [3.63, 3.8) is 0 Å². The number of nitrogens with one attached hydrogen (secondary N) is 1. The number of rotatable bonds is 4. The number of benzene rings is 2. The van der Waals surface area contributed by atoms with Crippen LogP contribution in [0.5, 0.6) is 0 Å². The molecule has 0 atom stereocenters. The molecule has 0 saturated heterocycles. The van der Waals surface area contributed by atoms with Crippen molar-refractivity contribution >= 4 is 26.6 Å². The van der Waals surface area contributed by atoms with Crippen LogP contribution < -0.4 is 5.48 Å². The Morgan fingerprint density at radius 1 is 1.17 bits per heavy atom. The highest BCUT2D eigenvalue weighted by Crippen LogP contribution is 2.20. The predicted octanol–water partition coefficient (Wildman–Crippen LogP) is 2.21. The van der Waals surface area contributed by atoms with E-state index in [-0.39, 0.29) is 4.90 Å². The molecule has 0 aliphatic carbocycles. The molecule has 1 heterocycles. The highest BCUT2D eigenvalue weighted by atomic mass is 32.2. The standard InChI is InChI=1S/C17H16N2O4S/c1-24(22,23)15-4-2-3-12(9-15)11-19-8-7-13-5-6-14(10-16(13)19)17(20)18-21/h2-10,21H,11H2,1H3,(H,18,20). The molecule has 0 radical (unpaired) electrons. The lowest BCUT2D eigenvalue weighted by Crippen LogP contribution is -2.18. The maximum Gasteiger partial charge on any atom is 0.274 e. The van der Waals surface area contributed by atoms with Crippen LogP contribution in [-0.4, -0.2) is 30.4 Å². The van der Waals surface area contributed by atoms with Gasteiger partial charge in [-0.2, -0.15) is 0 Å². The Kier molecular flexibility index (Phi) is 4.13. The molecule has 3 aromatic rings. The molecule has 0 unspecified atom stereocenters. The van der Waals surface area contributed by atoms with E-state index in [1.807, 2.05) is 22.9 Å². The molecular weight excluding hydrogens is 328 g/mol. The highest BCUT2D eigenvalue weighted by Gasteiger charge is 2.10. The van der Waals surface area contributed by atoms with Gasteiger partial charge in [-0.3, -0.25) is 10.0 Å². The van der Waals surface area contributed by atoms with Crippen LogP contribution in [0.25, 0.3) is 10.9 Å². The first kappa shape index (κ1) is 16.2. The van der Waals surface area contributed by atoms with Crippen LogP contribution in [0, 0.1) is 0 Å². The molecule has 6 nitrogen and oxygen atoms in total. The summed E-state index contributed by atoms with van der Waals surface area (Å²) in [5, 5.41) is 9.71. The number of aromatic nitrogens is 1.